The van der Waals surface area contributed by atoms with Crippen molar-refractivity contribution in [3.05, 3.63) is 89.7 Å². The number of nitrogens with zero attached hydrogens (tertiary/aromatic N) is 1. The Labute approximate surface area is 144 Å². The van der Waals surface area contributed by atoms with E-state index in [0.717, 1.165) is 22.0 Å². The predicted octanol–water partition coefficient (Wildman–Crippen LogP) is 6.36. The standard InChI is InChI=1S/C21H13ClFN/c22-15-10-11-20-18(12-15)17(14-6-2-1-3-7-14)13-21(24-20)16-8-4-5-9-19(16)23/h1-13H. The molecular weight excluding hydrogens is 321 g/mol. The predicted molar refractivity (Wildman–Crippen MR) is 97.6 cm³/mol. The van der Waals surface area contributed by atoms with E-state index in [4.69, 9.17) is 11.6 Å². The quantitative estimate of drug-likeness (QED) is 0.416. The van der Waals surface area contributed by atoms with Crippen molar-refractivity contribution in [3.8, 4) is 22.4 Å². The van der Waals surface area contributed by atoms with Crippen molar-refractivity contribution >= 4 is 22.5 Å². The van der Waals surface area contributed by atoms with Crippen LogP contribution in [0.25, 0.3) is 33.3 Å². The fourth-order valence-electron chi connectivity index (χ4n) is 2.86. The molecule has 0 saturated heterocycles. The van der Waals surface area contributed by atoms with Crippen molar-refractivity contribution in [2.75, 3.05) is 0 Å². The van der Waals surface area contributed by atoms with Gasteiger partial charge >= 0.3 is 0 Å². The number of benzene rings is 3. The second-order valence-corrected chi connectivity index (χ2v) is 6.00. The highest BCUT2D eigenvalue weighted by Crippen LogP contribution is 2.34. The highest BCUT2D eigenvalue weighted by Gasteiger charge is 2.12. The second kappa shape index (κ2) is 6.06. The first kappa shape index (κ1) is 14.9. The Morgan fingerprint density at radius 3 is 2.29 bits per heavy atom. The fraction of sp³-hybridized carbons (Fsp3) is 0. The van der Waals surface area contributed by atoms with Gasteiger partial charge in [0.1, 0.15) is 5.82 Å². The minimum absolute atomic E-state index is 0.280. The minimum atomic E-state index is -0.280. The summed E-state index contributed by atoms with van der Waals surface area (Å²) >= 11 is 6.17. The van der Waals surface area contributed by atoms with E-state index >= 15 is 0 Å². The lowest BCUT2D eigenvalue weighted by Crippen LogP contribution is -1.92. The number of hydrogen-bond donors (Lipinski definition) is 0. The molecule has 1 nitrogen and oxygen atoms in total. The lowest BCUT2D eigenvalue weighted by atomic mass is 9.98. The highest BCUT2D eigenvalue weighted by atomic mass is 35.5. The van der Waals surface area contributed by atoms with Gasteiger partial charge in [-0.05, 0) is 47.5 Å². The Kier molecular flexibility index (Phi) is 3.75. The van der Waals surface area contributed by atoms with Gasteiger partial charge in [-0.2, -0.15) is 0 Å². The third-order valence-corrected chi connectivity index (χ3v) is 4.24. The Morgan fingerprint density at radius 2 is 1.50 bits per heavy atom. The zero-order valence-electron chi connectivity index (χ0n) is 12.7. The van der Waals surface area contributed by atoms with E-state index in [1.54, 1.807) is 18.2 Å². The van der Waals surface area contributed by atoms with Crippen LogP contribution < -0.4 is 0 Å². The van der Waals surface area contributed by atoms with E-state index in [1.165, 1.54) is 6.07 Å². The van der Waals surface area contributed by atoms with Crippen molar-refractivity contribution in [1.82, 2.24) is 4.98 Å². The smallest absolute Gasteiger partial charge is 0.132 e. The van der Waals surface area contributed by atoms with Gasteiger partial charge in [-0.1, -0.05) is 54.1 Å². The van der Waals surface area contributed by atoms with Crippen LogP contribution in [0.1, 0.15) is 0 Å². The van der Waals surface area contributed by atoms with Crippen LogP contribution in [-0.2, 0) is 0 Å². The molecule has 24 heavy (non-hydrogen) atoms. The zero-order valence-corrected chi connectivity index (χ0v) is 13.5. The fourth-order valence-corrected chi connectivity index (χ4v) is 3.03. The van der Waals surface area contributed by atoms with E-state index in [0.29, 0.717) is 16.3 Å². The monoisotopic (exact) mass is 333 g/mol. The number of aromatic nitrogens is 1. The summed E-state index contributed by atoms with van der Waals surface area (Å²) < 4.78 is 14.2. The van der Waals surface area contributed by atoms with Gasteiger partial charge in [0.2, 0.25) is 0 Å². The molecule has 0 fully saturated rings. The van der Waals surface area contributed by atoms with Crippen LogP contribution in [0.5, 0.6) is 0 Å². The summed E-state index contributed by atoms with van der Waals surface area (Å²) in [6, 6.07) is 24.2. The Hall–Kier alpha value is -2.71. The molecule has 4 rings (SSSR count). The molecule has 0 radical (unpaired) electrons. The number of fused-ring (bicyclic) bond motifs is 1. The van der Waals surface area contributed by atoms with Crippen molar-refractivity contribution in [2.24, 2.45) is 0 Å². The van der Waals surface area contributed by atoms with Crippen LogP contribution in [0.3, 0.4) is 0 Å². The first-order valence-electron chi connectivity index (χ1n) is 7.63. The van der Waals surface area contributed by atoms with Gasteiger partial charge in [0.15, 0.2) is 0 Å². The molecule has 3 aromatic carbocycles. The molecule has 0 amide bonds. The molecule has 0 N–H and O–H groups in total. The zero-order chi connectivity index (χ0) is 16.5. The van der Waals surface area contributed by atoms with E-state index in [-0.39, 0.29) is 5.82 Å². The molecule has 1 heterocycles. The van der Waals surface area contributed by atoms with Gasteiger partial charge in [-0.3, -0.25) is 0 Å². The molecule has 0 spiro atoms. The molecule has 0 atom stereocenters. The summed E-state index contributed by atoms with van der Waals surface area (Å²) in [4.78, 5) is 4.63. The van der Waals surface area contributed by atoms with Gasteiger partial charge in [-0.25, -0.2) is 9.37 Å². The maximum atomic E-state index is 14.2. The molecule has 0 aliphatic carbocycles. The Bertz CT molecular complexity index is 1030. The number of hydrogen-bond acceptors (Lipinski definition) is 1. The second-order valence-electron chi connectivity index (χ2n) is 5.56. The largest absolute Gasteiger partial charge is 0.248 e. The summed E-state index contributed by atoms with van der Waals surface area (Å²) in [6.45, 7) is 0. The third kappa shape index (κ3) is 2.66. The van der Waals surface area contributed by atoms with Gasteiger partial charge in [0.05, 0.1) is 11.2 Å². The van der Waals surface area contributed by atoms with Crippen LogP contribution in [0.2, 0.25) is 5.02 Å². The third-order valence-electron chi connectivity index (χ3n) is 4.01. The average Bonchev–Trinajstić information content (AvgIpc) is 2.62. The van der Waals surface area contributed by atoms with Crippen molar-refractivity contribution in [3.63, 3.8) is 0 Å². The van der Waals surface area contributed by atoms with Gasteiger partial charge < -0.3 is 0 Å². The van der Waals surface area contributed by atoms with E-state index in [9.17, 15) is 4.39 Å². The molecule has 0 unspecified atom stereocenters. The molecule has 1 aromatic heterocycles. The molecular formula is C21H13ClFN. The van der Waals surface area contributed by atoms with E-state index in [1.807, 2.05) is 54.6 Å². The summed E-state index contributed by atoms with van der Waals surface area (Å²) in [5.41, 5.74) is 3.93. The lowest BCUT2D eigenvalue weighted by molar-refractivity contribution is 0.631. The summed E-state index contributed by atoms with van der Waals surface area (Å²) in [5, 5.41) is 1.61. The summed E-state index contributed by atoms with van der Waals surface area (Å²) in [5.74, 6) is -0.280. The normalized spacial score (nSPS) is 10.9. The minimum Gasteiger partial charge on any atom is -0.248 e. The van der Waals surface area contributed by atoms with Crippen LogP contribution in [0.15, 0.2) is 78.9 Å². The molecule has 0 saturated carbocycles. The topological polar surface area (TPSA) is 12.9 Å². The number of halogens is 2. The molecule has 0 bridgehead atoms. The van der Waals surface area contributed by atoms with Gasteiger partial charge in [-0.15, -0.1) is 0 Å². The average molecular weight is 334 g/mol. The molecule has 116 valence electrons. The van der Waals surface area contributed by atoms with Crippen molar-refractivity contribution in [2.45, 2.75) is 0 Å². The Balaban J connectivity index is 2.05. The summed E-state index contributed by atoms with van der Waals surface area (Å²) in [6.07, 6.45) is 0. The van der Waals surface area contributed by atoms with Crippen LogP contribution in [0.4, 0.5) is 4.39 Å². The number of pyridine rings is 1. The maximum absolute atomic E-state index is 14.2. The van der Waals surface area contributed by atoms with Crippen LogP contribution in [-0.4, -0.2) is 4.98 Å². The molecule has 4 aromatic rings. The molecule has 3 heteroatoms. The number of rotatable bonds is 2. The first-order valence-corrected chi connectivity index (χ1v) is 8.01. The van der Waals surface area contributed by atoms with Gasteiger partial charge in [0.25, 0.3) is 0 Å². The SMILES string of the molecule is Fc1ccccc1-c1cc(-c2ccccc2)c2cc(Cl)ccc2n1. The first-order chi connectivity index (χ1) is 11.7. The van der Waals surface area contributed by atoms with Crippen LogP contribution >= 0.6 is 11.6 Å². The van der Waals surface area contributed by atoms with Crippen molar-refractivity contribution < 1.29 is 4.39 Å². The lowest BCUT2D eigenvalue weighted by Gasteiger charge is -2.11. The van der Waals surface area contributed by atoms with E-state index < -0.39 is 0 Å². The van der Waals surface area contributed by atoms with Crippen LogP contribution in [0, 0.1) is 5.82 Å². The maximum Gasteiger partial charge on any atom is 0.132 e. The molecule has 0 aliphatic heterocycles. The Morgan fingerprint density at radius 1 is 0.750 bits per heavy atom. The highest BCUT2D eigenvalue weighted by molar-refractivity contribution is 6.31. The van der Waals surface area contributed by atoms with Gasteiger partial charge in [0, 0.05) is 16.0 Å². The van der Waals surface area contributed by atoms with E-state index in [2.05, 4.69) is 4.98 Å². The summed E-state index contributed by atoms with van der Waals surface area (Å²) in [7, 11) is 0. The molecule has 0 aliphatic rings. The van der Waals surface area contributed by atoms with Crippen molar-refractivity contribution in [1.29, 1.82) is 0 Å².